The zero-order valence-electron chi connectivity index (χ0n) is 13.4. The molecule has 124 valence electrons. The van der Waals surface area contributed by atoms with Crippen molar-refractivity contribution in [1.82, 2.24) is 10.2 Å². The summed E-state index contributed by atoms with van der Waals surface area (Å²) in [4.78, 5) is 11.9. The van der Waals surface area contributed by atoms with Crippen molar-refractivity contribution in [3.05, 3.63) is 41.1 Å². The van der Waals surface area contributed by atoms with E-state index in [1.807, 2.05) is 18.2 Å². The quantitative estimate of drug-likeness (QED) is 0.444. The summed E-state index contributed by atoms with van der Waals surface area (Å²) in [6, 6.07) is 9.93. The van der Waals surface area contributed by atoms with Crippen LogP contribution in [0.15, 0.2) is 39.9 Å². The molecule has 0 aliphatic rings. The molecule has 2 rings (SSSR count). The predicted molar refractivity (Wildman–Crippen MR) is 97.2 cm³/mol. The molecule has 0 atom stereocenters. The number of Topliss-reactive ketones (excluding diaryl/α,β-unsaturated/α-hetero) is 1. The van der Waals surface area contributed by atoms with Gasteiger partial charge in [-0.25, -0.2) is 0 Å². The number of anilines is 2. The number of thioether (sulfide) groups is 1. The standard InChI is InChI=1S/C16H17N5OS2/c1-3-11-4-6-12(7-5-11)19-15-20-21-16(24-15)23-9-14(22)13(8-17)10(2)18/h4-7H,3,9,18H2,1-2H3,(H,19,20)/b13-10-. The summed E-state index contributed by atoms with van der Waals surface area (Å²) in [5.74, 6) is -0.195. The van der Waals surface area contributed by atoms with E-state index in [0.717, 1.165) is 12.1 Å². The van der Waals surface area contributed by atoms with Gasteiger partial charge in [-0.15, -0.1) is 10.2 Å². The van der Waals surface area contributed by atoms with E-state index in [-0.39, 0.29) is 22.8 Å². The second-order valence-corrected chi connectivity index (χ2v) is 7.13. The minimum absolute atomic E-state index is 0.00128. The first kappa shape index (κ1) is 18.0. The highest BCUT2D eigenvalue weighted by Crippen LogP contribution is 2.28. The lowest BCUT2D eigenvalue weighted by atomic mass is 10.1. The molecule has 2 aromatic rings. The number of nitrogens with zero attached hydrogens (tertiary/aromatic N) is 3. The number of nitriles is 1. The fourth-order valence-electron chi connectivity index (χ4n) is 1.84. The van der Waals surface area contributed by atoms with Crippen molar-refractivity contribution in [1.29, 1.82) is 5.26 Å². The first-order chi connectivity index (χ1) is 11.5. The van der Waals surface area contributed by atoms with Gasteiger partial charge in [0, 0.05) is 11.4 Å². The van der Waals surface area contributed by atoms with Gasteiger partial charge in [-0.3, -0.25) is 4.79 Å². The maximum Gasteiger partial charge on any atom is 0.210 e. The Hall–Kier alpha value is -2.37. The largest absolute Gasteiger partial charge is 0.401 e. The summed E-state index contributed by atoms with van der Waals surface area (Å²) < 4.78 is 0.656. The maximum absolute atomic E-state index is 11.9. The Kier molecular flexibility index (Phi) is 6.35. The third kappa shape index (κ3) is 4.81. The average molecular weight is 359 g/mol. The minimum Gasteiger partial charge on any atom is -0.401 e. The molecule has 0 unspecified atom stereocenters. The number of nitrogens with one attached hydrogen (secondary N) is 1. The van der Waals surface area contributed by atoms with Crippen molar-refractivity contribution in [3.8, 4) is 6.07 Å². The Balaban J connectivity index is 1.94. The van der Waals surface area contributed by atoms with Crippen LogP contribution in [0.2, 0.25) is 0 Å². The van der Waals surface area contributed by atoms with Gasteiger partial charge in [-0.2, -0.15) is 5.26 Å². The van der Waals surface area contributed by atoms with Gasteiger partial charge < -0.3 is 11.1 Å². The molecule has 0 saturated carbocycles. The van der Waals surface area contributed by atoms with Gasteiger partial charge in [0.1, 0.15) is 11.6 Å². The van der Waals surface area contributed by atoms with Crippen molar-refractivity contribution < 1.29 is 4.79 Å². The summed E-state index contributed by atoms with van der Waals surface area (Å²) in [6.07, 6.45) is 0.995. The van der Waals surface area contributed by atoms with Gasteiger partial charge in [-0.1, -0.05) is 42.2 Å². The smallest absolute Gasteiger partial charge is 0.210 e. The molecule has 1 heterocycles. The summed E-state index contributed by atoms with van der Waals surface area (Å²) in [6.45, 7) is 3.65. The van der Waals surface area contributed by atoms with E-state index in [1.165, 1.54) is 35.6 Å². The summed E-state index contributed by atoms with van der Waals surface area (Å²) in [5, 5.41) is 20.8. The number of rotatable bonds is 7. The topological polar surface area (TPSA) is 105 Å². The molecule has 6 nitrogen and oxygen atoms in total. The minimum atomic E-state index is -0.303. The Labute approximate surface area is 148 Å². The van der Waals surface area contributed by atoms with Crippen molar-refractivity contribution in [2.75, 3.05) is 11.1 Å². The molecule has 1 aromatic carbocycles. The molecular weight excluding hydrogens is 342 g/mol. The van der Waals surface area contributed by atoms with Crippen molar-refractivity contribution in [2.45, 2.75) is 24.6 Å². The fourth-order valence-corrected chi connectivity index (χ4v) is 3.48. The Bertz CT molecular complexity index is 786. The number of carbonyl (C=O) groups is 1. The number of hydrogen-bond acceptors (Lipinski definition) is 8. The Morgan fingerprint density at radius 3 is 2.67 bits per heavy atom. The SMILES string of the molecule is CCc1ccc(Nc2nnc(SCC(=O)/C(C#N)=C(/C)N)s2)cc1. The van der Waals surface area contributed by atoms with Crippen LogP contribution in [0.5, 0.6) is 0 Å². The number of carbonyl (C=O) groups excluding carboxylic acids is 1. The number of hydrogen-bond donors (Lipinski definition) is 2. The van der Waals surface area contributed by atoms with Gasteiger partial charge in [0.2, 0.25) is 5.13 Å². The molecule has 0 radical (unpaired) electrons. The van der Waals surface area contributed by atoms with Crippen molar-refractivity contribution in [3.63, 3.8) is 0 Å². The first-order valence-corrected chi connectivity index (χ1v) is 9.05. The number of aromatic nitrogens is 2. The molecule has 0 bridgehead atoms. The van der Waals surface area contributed by atoms with Crippen LogP contribution in [-0.2, 0) is 11.2 Å². The van der Waals surface area contributed by atoms with Crippen molar-refractivity contribution in [2.24, 2.45) is 5.73 Å². The summed E-state index contributed by atoms with van der Waals surface area (Å²) in [7, 11) is 0. The number of allylic oxidation sites excluding steroid dienone is 2. The van der Waals surface area contributed by atoms with Crippen molar-refractivity contribution >= 4 is 39.7 Å². The van der Waals surface area contributed by atoms with Crippen LogP contribution in [-0.4, -0.2) is 21.7 Å². The summed E-state index contributed by atoms with van der Waals surface area (Å²) in [5.41, 5.74) is 7.96. The highest BCUT2D eigenvalue weighted by Gasteiger charge is 2.14. The molecule has 24 heavy (non-hydrogen) atoms. The van der Waals surface area contributed by atoms with E-state index >= 15 is 0 Å². The number of nitrogens with two attached hydrogens (primary N) is 1. The van der Waals surface area contributed by atoms with Crippen LogP contribution in [0, 0.1) is 11.3 Å². The molecule has 0 amide bonds. The van der Waals surface area contributed by atoms with E-state index in [1.54, 1.807) is 0 Å². The van der Waals surface area contributed by atoms with E-state index in [2.05, 4.69) is 34.6 Å². The van der Waals surface area contributed by atoms with E-state index in [9.17, 15) is 4.79 Å². The van der Waals surface area contributed by atoms with Gasteiger partial charge in [0.05, 0.1) is 5.75 Å². The van der Waals surface area contributed by atoms with Gasteiger partial charge in [-0.05, 0) is 31.0 Å². The molecular formula is C16H17N5OS2. The Morgan fingerprint density at radius 1 is 1.38 bits per heavy atom. The monoisotopic (exact) mass is 359 g/mol. The lowest BCUT2D eigenvalue weighted by Gasteiger charge is -2.02. The lowest BCUT2D eigenvalue weighted by Crippen LogP contribution is -2.10. The molecule has 1 aromatic heterocycles. The highest BCUT2D eigenvalue weighted by atomic mass is 32.2. The number of benzene rings is 1. The first-order valence-electron chi connectivity index (χ1n) is 7.25. The van der Waals surface area contributed by atoms with Crippen LogP contribution in [0.3, 0.4) is 0 Å². The zero-order chi connectivity index (χ0) is 17.5. The Morgan fingerprint density at radius 2 is 2.08 bits per heavy atom. The molecule has 0 saturated heterocycles. The van der Waals surface area contributed by atoms with Gasteiger partial charge >= 0.3 is 0 Å². The third-order valence-corrected chi connectivity index (χ3v) is 5.10. The van der Waals surface area contributed by atoms with E-state index in [0.29, 0.717) is 9.47 Å². The van der Waals surface area contributed by atoms with Crippen LogP contribution in [0.1, 0.15) is 19.4 Å². The normalized spacial score (nSPS) is 11.5. The highest BCUT2D eigenvalue weighted by molar-refractivity contribution is 8.01. The predicted octanol–water partition coefficient (Wildman–Crippen LogP) is 3.26. The number of ketones is 1. The molecule has 0 aliphatic carbocycles. The van der Waals surface area contributed by atoms with E-state index in [4.69, 9.17) is 11.0 Å². The molecule has 0 fully saturated rings. The van der Waals surface area contributed by atoms with E-state index < -0.39 is 0 Å². The third-order valence-electron chi connectivity index (χ3n) is 3.13. The van der Waals surface area contributed by atoms with Crippen LogP contribution >= 0.6 is 23.1 Å². The van der Waals surface area contributed by atoms with Crippen LogP contribution in [0.25, 0.3) is 0 Å². The lowest BCUT2D eigenvalue weighted by molar-refractivity contribution is -0.112. The maximum atomic E-state index is 11.9. The second kappa shape index (κ2) is 8.47. The molecule has 3 N–H and O–H groups in total. The molecule has 0 spiro atoms. The molecule has 0 aliphatic heterocycles. The van der Waals surface area contributed by atoms with Gasteiger partial charge in [0.25, 0.3) is 0 Å². The van der Waals surface area contributed by atoms with Crippen LogP contribution < -0.4 is 11.1 Å². The fraction of sp³-hybridized carbons (Fsp3) is 0.250. The second-order valence-electron chi connectivity index (χ2n) is 4.93. The number of aryl methyl sites for hydroxylation is 1. The molecule has 8 heteroatoms. The average Bonchev–Trinajstić information content (AvgIpc) is 3.01. The van der Waals surface area contributed by atoms with Gasteiger partial charge in [0.15, 0.2) is 10.1 Å². The summed E-state index contributed by atoms with van der Waals surface area (Å²) >= 11 is 2.60. The van der Waals surface area contributed by atoms with Crippen LogP contribution in [0.4, 0.5) is 10.8 Å². The zero-order valence-corrected chi connectivity index (χ0v) is 15.0.